The minimum Gasteiger partial charge on any atom is -0.394 e. The molecule has 0 saturated carbocycles. The molecule has 1 aromatic rings. The molecule has 0 radical (unpaired) electrons. The van der Waals surface area contributed by atoms with Crippen LogP contribution in [-0.4, -0.2) is 28.5 Å². The summed E-state index contributed by atoms with van der Waals surface area (Å²) in [6.45, 7) is 7.94. The van der Waals surface area contributed by atoms with Gasteiger partial charge in [0.1, 0.15) is 5.82 Å². The van der Waals surface area contributed by atoms with Gasteiger partial charge >= 0.3 is 0 Å². The highest BCUT2D eigenvalue weighted by atomic mass is 16.5. The van der Waals surface area contributed by atoms with Crippen molar-refractivity contribution in [1.29, 1.82) is 0 Å². The molecule has 1 aliphatic rings. The second-order valence-corrected chi connectivity index (χ2v) is 5.12. The van der Waals surface area contributed by atoms with Crippen molar-refractivity contribution in [2.24, 2.45) is 0 Å². The molecule has 2 heterocycles. The minimum atomic E-state index is 0.320. The number of aromatic nitrogens is 2. The van der Waals surface area contributed by atoms with Gasteiger partial charge in [-0.2, -0.15) is 5.10 Å². The number of nitrogen functional groups attached to an aromatic ring is 1. The molecule has 2 atom stereocenters. The second kappa shape index (κ2) is 5.61. The number of aryl methyl sites for hydroxylation is 2. The topological polar surface area (TPSA) is 65.1 Å². The predicted octanol–water partition coefficient (Wildman–Crippen LogP) is 2.16. The van der Waals surface area contributed by atoms with E-state index in [1.807, 2.05) is 11.6 Å². The van der Waals surface area contributed by atoms with E-state index in [2.05, 4.69) is 24.3 Å². The van der Waals surface area contributed by atoms with Gasteiger partial charge < -0.3 is 15.8 Å². The summed E-state index contributed by atoms with van der Waals surface area (Å²) in [7, 11) is 0. The van der Waals surface area contributed by atoms with Gasteiger partial charge in [0.05, 0.1) is 17.5 Å². The Balaban J connectivity index is 2.11. The summed E-state index contributed by atoms with van der Waals surface area (Å²) >= 11 is 0. The predicted molar refractivity (Wildman–Crippen MR) is 73.7 cm³/mol. The van der Waals surface area contributed by atoms with Gasteiger partial charge in [0.25, 0.3) is 0 Å². The molecule has 1 aliphatic heterocycles. The molecular formula is C13H24N4O. The number of anilines is 2. The van der Waals surface area contributed by atoms with Crippen molar-refractivity contribution in [1.82, 2.24) is 9.78 Å². The summed E-state index contributed by atoms with van der Waals surface area (Å²) < 4.78 is 7.56. The van der Waals surface area contributed by atoms with E-state index in [0.29, 0.717) is 12.1 Å². The van der Waals surface area contributed by atoms with Gasteiger partial charge in [0, 0.05) is 19.2 Å². The lowest BCUT2D eigenvalue weighted by molar-refractivity contribution is 0.0231. The molecule has 1 fully saturated rings. The lowest BCUT2D eigenvalue weighted by Gasteiger charge is -2.29. The van der Waals surface area contributed by atoms with E-state index in [4.69, 9.17) is 10.5 Å². The van der Waals surface area contributed by atoms with Crippen LogP contribution < -0.4 is 11.1 Å². The molecule has 2 unspecified atom stereocenters. The van der Waals surface area contributed by atoms with E-state index in [9.17, 15) is 0 Å². The van der Waals surface area contributed by atoms with Crippen molar-refractivity contribution < 1.29 is 4.74 Å². The van der Waals surface area contributed by atoms with Crippen LogP contribution in [0.5, 0.6) is 0 Å². The van der Waals surface area contributed by atoms with Crippen LogP contribution in [0.3, 0.4) is 0 Å². The Hall–Kier alpha value is -1.23. The highest BCUT2D eigenvalue weighted by Gasteiger charge is 2.22. The number of hydrogen-bond acceptors (Lipinski definition) is 4. The zero-order valence-electron chi connectivity index (χ0n) is 11.6. The molecule has 5 nitrogen and oxygen atoms in total. The maximum atomic E-state index is 6.11. The van der Waals surface area contributed by atoms with Crippen LogP contribution in [0.1, 0.15) is 38.8 Å². The van der Waals surface area contributed by atoms with E-state index in [1.54, 1.807) is 0 Å². The fraction of sp³-hybridized carbons (Fsp3) is 0.769. The molecule has 18 heavy (non-hydrogen) atoms. The number of hydrogen-bond donors (Lipinski definition) is 2. The van der Waals surface area contributed by atoms with Crippen LogP contribution in [0, 0.1) is 6.92 Å². The molecule has 1 aromatic heterocycles. The maximum absolute atomic E-state index is 6.11. The Morgan fingerprint density at radius 3 is 3.00 bits per heavy atom. The summed E-state index contributed by atoms with van der Waals surface area (Å²) in [4.78, 5) is 0. The summed E-state index contributed by atoms with van der Waals surface area (Å²) in [5.41, 5.74) is 7.80. The Morgan fingerprint density at radius 1 is 1.56 bits per heavy atom. The number of ether oxygens (including phenoxy) is 1. The maximum Gasteiger partial charge on any atom is 0.148 e. The lowest BCUT2D eigenvalue weighted by Crippen LogP contribution is -2.33. The van der Waals surface area contributed by atoms with Crippen molar-refractivity contribution in [2.45, 2.75) is 58.7 Å². The Morgan fingerprint density at radius 2 is 2.33 bits per heavy atom. The van der Waals surface area contributed by atoms with Crippen molar-refractivity contribution in [2.75, 3.05) is 17.7 Å². The van der Waals surface area contributed by atoms with E-state index in [-0.39, 0.29) is 0 Å². The Labute approximate surface area is 109 Å². The SMILES string of the molecule is CCCn1nc(C)c(N)c1NC1CCOC(C)C1. The first kappa shape index (κ1) is 13.2. The first-order valence-corrected chi connectivity index (χ1v) is 6.82. The highest BCUT2D eigenvalue weighted by Crippen LogP contribution is 2.26. The third-order valence-electron chi connectivity index (χ3n) is 3.44. The number of nitrogens with zero attached hydrogens (tertiary/aromatic N) is 2. The van der Waals surface area contributed by atoms with Gasteiger partial charge in [-0.05, 0) is 33.1 Å². The monoisotopic (exact) mass is 252 g/mol. The van der Waals surface area contributed by atoms with E-state index in [0.717, 1.165) is 49.6 Å². The van der Waals surface area contributed by atoms with Crippen LogP contribution in [0.25, 0.3) is 0 Å². The Kier molecular flexibility index (Phi) is 4.11. The molecule has 0 bridgehead atoms. The largest absolute Gasteiger partial charge is 0.394 e. The third kappa shape index (κ3) is 2.77. The van der Waals surface area contributed by atoms with Gasteiger partial charge in [0.2, 0.25) is 0 Å². The normalized spacial score (nSPS) is 24.2. The summed E-state index contributed by atoms with van der Waals surface area (Å²) in [6, 6.07) is 0.433. The highest BCUT2D eigenvalue weighted by molar-refractivity contribution is 5.65. The fourth-order valence-electron chi connectivity index (χ4n) is 2.44. The van der Waals surface area contributed by atoms with Crippen molar-refractivity contribution in [3.8, 4) is 0 Å². The van der Waals surface area contributed by atoms with Gasteiger partial charge in [-0.3, -0.25) is 0 Å². The molecule has 102 valence electrons. The molecule has 0 aliphatic carbocycles. The van der Waals surface area contributed by atoms with Crippen molar-refractivity contribution in [3.63, 3.8) is 0 Å². The van der Waals surface area contributed by atoms with Gasteiger partial charge in [-0.25, -0.2) is 4.68 Å². The average molecular weight is 252 g/mol. The standard InChI is InChI=1S/C13H24N4O/c1-4-6-17-13(12(14)10(3)16-17)15-11-5-7-18-9(2)8-11/h9,11,15H,4-8,14H2,1-3H3. The molecule has 2 rings (SSSR count). The molecular weight excluding hydrogens is 228 g/mol. The summed E-state index contributed by atoms with van der Waals surface area (Å²) in [5.74, 6) is 0.980. The molecule has 0 aromatic carbocycles. The summed E-state index contributed by atoms with van der Waals surface area (Å²) in [6.07, 6.45) is 3.43. The van der Waals surface area contributed by atoms with Crippen LogP contribution in [0.4, 0.5) is 11.5 Å². The first-order valence-electron chi connectivity index (χ1n) is 6.82. The molecule has 3 N–H and O–H groups in total. The fourth-order valence-corrected chi connectivity index (χ4v) is 2.44. The number of nitrogens with one attached hydrogen (secondary N) is 1. The average Bonchev–Trinajstić information content (AvgIpc) is 2.58. The smallest absolute Gasteiger partial charge is 0.148 e. The third-order valence-corrected chi connectivity index (χ3v) is 3.44. The van der Waals surface area contributed by atoms with Crippen molar-refractivity contribution in [3.05, 3.63) is 5.69 Å². The van der Waals surface area contributed by atoms with Gasteiger partial charge in [-0.15, -0.1) is 0 Å². The minimum absolute atomic E-state index is 0.320. The molecule has 0 amide bonds. The van der Waals surface area contributed by atoms with Crippen LogP contribution >= 0.6 is 0 Å². The van der Waals surface area contributed by atoms with Gasteiger partial charge in [0.15, 0.2) is 0 Å². The van der Waals surface area contributed by atoms with E-state index < -0.39 is 0 Å². The van der Waals surface area contributed by atoms with Crippen molar-refractivity contribution >= 4 is 11.5 Å². The van der Waals surface area contributed by atoms with Crippen LogP contribution in [0.2, 0.25) is 0 Å². The number of rotatable bonds is 4. The first-order chi connectivity index (χ1) is 8.61. The Bertz CT molecular complexity index is 402. The van der Waals surface area contributed by atoms with Crippen LogP contribution in [-0.2, 0) is 11.3 Å². The van der Waals surface area contributed by atoms with E-state index >= 15 is 0 Å². The second-order valence-electron chi connectivity index (χ2n) is 5.12. The lowest BCUT2D eigenvalue weighted by atomic mass is 10.0. The van der Waals surface area contributed by atoms with Crippen LogP contribution in [0.15, 0.2) is 0 Å². The quantitative estimate of drug-likeness (QED) is 0.862. The summed E-state index contributed by atoms with van der Waals surface area (Å²) in [5, 5.41) is 8.03. The van der Waals surface area contributed by atoms with E-state index in [1.165, 1.54) is 0 Å². The number of nitrogens with two attached hydrogens (primary N) is 1. The molecule has 0 spiro atoms. The molecule has 5 heteroatoms. The zero-order chi connectivity index (χ0) is 13.1. The van der Waals surface area contributed by atoms with Gasteiger partial charge in [-0.1, -0.05) is 6.92 Å². The molecule has 1 saturated heterocycles. The zero-order valence-corrected chi connectivity index (χ0v) is 11.6.